The Labute approximate surface area is 191 Å². The van der Waals surface area contributed by atoms with Crippen molar-refractivity contribution in [3.8, 4) is 11.3 Å². The maximum absolute atomic E-state index is 13.0. The summed E-state index contributed by atoms with van der Waals surface area (Å²) < 4.78 is 1.55. The quantitative estimate of drug-likeness (QED) is 0.712. The summed E-state index contributed by atoms with van der Waals surface area (Å²) in [6.45, 7) is 3.80. The van der Waals surface area contributed by atoms with Gasteiger partial charge in [-0.05, 0) is 38.1 Å². The van der Waals surface area contributed by atoms with Crippen LogP contribution in [0, 0.1) is 5.92 Å². The maximum atomic E-state index is 13.0. The fraction of sp³-hybridized carbons (Fsp3) is 0.455. The molecule has 2 aliphatic heterocycles. The summed E-state index contributed by atoms with van der Waals surface area (Å²) in [7, 11) is 1.69. The predicted molar refractivity (Wildman–Crippen MR) is 120 cm³/mol. The molecule has 1 aromatic heterocycles. The third kappa shape index (κ3) is 4.49. The molecule has 9 nitrogen and oxygen atoms in total. The topological polar surface area (TPSA) is 114 Å². The van der Waals surface area contributed by atoms with Crippen LogP contribution in [0.5, 0.6) is 0 Å². The Morgan fingerprint density at radius 3 is 2.34 bits per heavy atom. The highest BCUT2D eigenvalue weighted by molar-refractivity contribution is 6.34. The number of aromatic nitrogens is 2. The van der Waals surface area contributed by atoms with Crippen molar-refractivity contribution in [3.63, 3.8) is 0 Å². The van der Waals surface area contributed by atoms with Gasteiger partial charge in [0.25, 0.3) is 11.8 Å². The second-order valence-electron chi connectivity index (χ2n) is 8.26. The minimum absolute atomic E-state index is 0.0853. The highest BCUT2D eigenvalue weighted by Gasteiger charge is 2.30. The lowest BCUT2D eigenvalue weighted by molar-refractivity contribution is -0.137. The number of amides is 3. The van der Waals surface area contributed by atoms with Gasteiger partial charge in [-0.15, -0.1) is 0 Å². The average molecular weight is 459 g/mol. The predicted octanol–water partition coefficient (Wildman–Crippen LogP) is 1.12. The first-order valence-corrected chi connectivity index (χ1v) is 11.1. The van der Waals surface area contributed by atoms with Crippen LogP contribution >= 0.6 is 11.6 Å². The molecule has 10 heteroatoms. The molecule has 32 heavy (non-hydrogen) atoms. The first-order chi connectivity index (χ1) is 15.3. The van der Waals surface area contributed by atoms with Gasteiger partial charge in [-0.3, -0.25) is 14.4 Å². The Morgan fingerprint density at radius 2 is 1.75 bits per heavy atom. The van der Waals surface area contributed by atoms with E-state index < -0.39 is 5.91 Å². The van der Waals surface area contributed by atoms with Gasteiger partial charge in [0.2, 0.25) is 5.91 Å². The van der Waals surface area contributed by atoms with Gasteiger partial charge in [0, 0.05) is 50.9 Å². The summed E-state index contributed by atoms with van der Waals surface area (Å²) in [5.74, 6) is -0.342. The van der Waals surface area contributed by atoms with Crippen molar-refractivity contribution >= 4 is 29.3 Å². The van der Waals surface area contributed by atoms with E-state index in [0.717, 1.165) is 25.9 Å². The SMILES string of the molecule is Cn1cc(-c2ccc(C(=O)N3CCN(C(=O)C4CCNCC4)CC3)c(Cl)c2)nc1C(N)=O. The molecule has 2 aliphatic rings. The molecule has 3 heterocycles. The Hall–Kier alpha value is -2.91. The molecule has 0 unspecified atom stereocenters. The lowest BCUT2D eigenvalue weighted by Crippen LogP contribution is -2.52. The number of carbonyl (C=O) groups is 3. The number of hydrogen-bond acceptors (Lipinski definition) is 5. The fourth-order valence-corrected chi connectivity index (χ4v) is 4.57. The van der Waals surface area contributed by atoms with Gasteiger partial charge in [0.05, 0.1) is 16.3 Å². The lowest BCUT2D eigenvalue weighted by Gasteiger charge is -2.37. The zero-order chi connectivity index (χ0) is 22.8. The second-order valence-corrected chi connectivity index (χ2v) is 8.67. The van der Waals surface area contributed by atoms with E-state index in [2.05, 4.69) is 10.3 Å². The molecular weight excluding hydrogens is 432 g/mol. The molecular formula is C22H27ClN6O3. The first-order valence-electron chi connectivity index (χ1n) is 10.8. The number of nitrogens with one attached hydrogen (secondary N) is 1. The number of primary amides is 1. The van der Waals surface area contributed by atoms with Crippen LogP contribution in [0.1, 0.15) is 33.8 Å². The van der Waals surface area contributed by atoms with E-state index in [-0.39, 0.29) is 23.6 Å². The molecule has 0 saturated carbocycles. The van der Waals surface area contributed by atoms with Crippen LogP contribution in [-0.2, 0) is 11.8 Å². The fourth-order valence-electron chi connectivity index (χ4n) is 4.31. The molecule has 4 rings (SSSR count). The molecule has 0 atom stereocenters. The molecule has 0 aliphatic carbocycles. The molecule has 0 spiro atoms. The van der Waals surface area contributed by atoms with Gasteiger partial charge < -0.3 is 25.4 Å². The molecule has 1 aromatic carbocycles. The van der Waals surface area contributed by atoms with E-state index in [9.17, 15) is 14.4 Å². The number of halogens is 1. The third-order valence-electron chi connectivity index (χ3n) is 6.16. The van der Waals surface area contributed by atoms with Gasteiger partial charge in [-0.2, -0.15) is 0 Å². The molecule has 2 fully saturated rings. The highest BCUT2D eigenvalue weighted by atomic mass is 35.5. The van der Waals surface area contributed by atoms with Crippen molar-refractivity contribution in [1.82, 2.24) is 24.7 Å². The van der Waals surface area contributed by atoms with E-state index in [1.54, 1.807) is 40.9 Å². The minimum atomic E-state index is -0.616. The van der Waals surface area contributed by atoms with Gasteiger partial charge in [-0.25, -0.2) is 4.98 Å². The number of carbonyl (C=O) groups excluding carboxylic acids is 3. The van der Waals surface area contributed by atoms with E-state index in [1.165, 1.54) is 0 Å². The number of hydrogen-bond donors (Lipinski definition) is 2. The van der Waals surface area contributed by atoms with Crippen LogP contribution < -0.4 is 11.1 Å². The van der Waals surface area contributed by atoms with Crippen LogP contribution in [0.4, 0.5) is 0 Å². The van der Waals surface area contributed by atoms with Crippen molar-refractivity contribution in [2.45, 2.75) is 12.8 Å². The van der Waals surface area contributed by atoms with Crippen molar-refractivity contribution in [3.05, 3.63) is 40.8 Å². The van der Waals surface area contributed by atoms with E-state index in [4.69, 9.17) is 17.3 Å². The summed E-state index contributed by atoms with van der Waals surface area (Å²) in [5.41, 5.74) is 6.97. The normalized spacial score (nSPS) is 17.4. The number of imidazole rings is 1. The molecule has 2 saturated heterocycles. The van der Waals surface area contributed by atoms with Crippen LogP contribution in [0.3, 0.4) is 0 Å². The number of piperazine rings is 1. The molecule has 0 bridgehead atoms. The van der Waals surface area contributed by atoms with E-state index in [1.807, 2.05) is 4.90 Å². The average Bonchev–Trinajstić information content (AvgIpc) is 3.21. The Kier molecular flexibility index (Phi) is 6.48. The van der Waals surface area contributed by atoms with Crippen molar-refractivity contribution < 1.29 is 14.4 Å². The monoisotopic (exact) mass is 458 g/mol. The van der Waals surface area contributed by atoms with Crippen LogP contribution in [-0.4, -0.2) is 76.3 Å². The number of nitrogens with two attached hydrogens (primary N) is 1. The zero-order valence-electron chi connectivity index (χ0n) is 18.0. The lowest BCUT2D eigenvalue weighted by atomic mass is 9.96. The molecule has 3 N–H and O–H groups in total. The zero-order valence-corrected chi connectivity index (χ0v) is 18.8. The van der Waals surface area contributed by atoms with Gasteiger partial charge in [0.15, 0.2) is 5.82 Å². The maximum Gasteiger partial charge on any atom is 0.284 e. The van der Waals surface area contributed by atoms with Gasteiger partial charge in [0.1, 0.15) is 0 Å². The smallest absolute Gasteiger partial charge is 0.284 e. The molecule has 2 aromatic rings. The van der Waals surface area contributed by atoms with Crippen LogP contribution in [0.25, 0.3) is 11.3 Å². The van der Waals surface area contributed by atoms with Crippen molar-refractivity contribution in [1.29, 1.82) is 0 Å². The second kappa shape index (κ2) is 9.30. The molecule has 170 valence electrons. The third-order valence-corrected chi connectivity index (χ3v) is 6.47. The Bertz CT molecular complexity index is 1040. The molecule has 0 radical (unpaired) electrons. The largest absolute Gasteiger partial charge is 0.363 e. The van der Waals surface area contributed by atoms with E-state index >= 15 is 0 Å². The molecule has 3 amide bonds. The van der Waals surface area contributed by atoms with Gasteiger partial charge in [-0.1, -0.05) is 17.7 Å². The summed E-state index contributed by atoms with van der Waals surface area (Å²) >= 11 is 6.44. The number of aryl methyl sites for hydroxylation is 1. The summed E-state index contributed by atoms with van der Waals surface area (Å²) in [6.07, 6.45) is 3.43. The van der Waals surface area contributed by atoms with E-state index in [0.29, 0.717) is 48.0 Å². The number of piperidine rings is 1. The number of rotatable bonds is 4. The minimum Gasteiger partial charge on any atom is -0.363 e. The number of benzene rings is 1. The summed E-state index contributed by atoms with van der Waals surface area (Å²) in [6, 6.07) is 5.09. The number of nitrogens with zero attached hydrogens (tertiary/aromatic N) is 4. The standard InChI is InChI=1S/C22H27ClN6O3/c1-27-13-18(26-20(27)19(24)30)15-2-3-16(17(23)12-15)22(32)29-10-8-28(9-11-29)21(31)14-4-6-25-7-5-14/h2-3,12-14,25H,4-11H2,1H3,(H2,24,30). The van der Waals surface area contributed by atoms with Crippen molar-refractivity contribution in [2.24, 2.45) is 18.7 Å². The van der Waals surface area contributed by atoms with Crippen LogP contribution in [0.15, 0.2) is 24.4 Å². The van der Waals surface area contributed by atoms with Crippen LogP contribution in [0.2, 0.25) is 5.02 Å². The summed E-state index contributed by atoms with van der Waals surface area (Å²) in [5, 5.41) is 3.59. The Morgan fingerprint density at radius 1 is 1.09 bits per heavy atom. The van der Waals surface area contributed by atoms with Crippen molar-refractivity contribution in [2.75, 3.05) is 39.3 Å². The highest BCUT2D eigenvalue weighted by Crippen LogP contribution is 2.27. The van der Waals surface area contributed by atoms with Gasteiger partial charge >= 0.3 is 0 Å². The first kappa shape index (κ1) is 22.3. The Balaban J connectivity index is 1.41. The summed E-state index contributed by atoms with van der Waals surface area (Å²) in [4.78, 5) is 45.1.